The molecule has 23 atom stereocenters. The molecule has 7 aromatic rings. The molecule has 6 N–H and O–H groups in total. The van der Waals surface area contributed by atoms with Crippen molar-refractivity contribution < 1.29 is 104 Å². The van der Waals surface area contributed by atoms with Crippen LogP contribution in [-0.2, 0) is 79.4 Å². The van der Waals surface area contributed by atoms with E-state index < -0.39 is 135 Å². The lowest BCUT2D eigenvalue weighted by Crippen LogP contribution is -2.51. The number of carbonyl (C=O) groups excluding carboxylic acids is 3. The van der Waals surface area contributed by atoms with Crippen molar-refractivity contribution in [2.24, 2.45) is 46.3 Å². The Balaban J connectivity index is 0.000000164. The van der Waals surface area contributed by atoms with Crippen molar-refractivity contribution in [3.8, 4) is 35.5 Å². The summed E-state index contributed by atoms with van der Waals surface area (Å²) in [5.74, 6) is 20.6. The van der Waals surface area contributed by atoms with Crippen LogP contribution in [0.5, 0.6) is 0 Å². The Morgan fingerprint density at radius 1 is 0.535 bits per heavy atom. The van der Waals surface area contributed by atoms with Gasteiger partial charge in [0.15, 0.2) is 18.7 Å². The first-order valence-electron chi connectivity index (χ1n) is 49.3. The number of benzene rings is 4. The molecule has 4 aliphatic carbocycles. The number of carbonyl (C=O) groups is 3. The molecule has 7 unspecified atom stereocenters. The Labute approximate surface area is 823 Å². The zero-order valence-electron chi connectivity index (χ0n) is 82.6. The molecule has 770 valence electrons. The Morgan fingerprint density at radius 3 is 1.46 bits per heavy atom. The summed E-state index contributed by atoms with van der Waals surface area (Å²) < 4.78 is 112. The molecule has 0 spiro atoms. The van der Waals surface area contributed by atoms with E-state index in [0.717, 1.165) is 141 Å². The molecule has 6 bridgehead atoms. The maximum Gasteiger partial charge on any atom is 0.408 e. The minimum atomic E-state index is -4.21. The summed E-state index contributed by atoms with van der Waals surface area (Å²) >= 11 is 0. The second-order valence-electron chi connectivity index (χ2n) is 40.7. The first-order chi connectivity index (χ1) is 67.7. The van der Waals surface area contributed by atoms with Crippen molar-refractivity contribution in [2.75, 3.05) is 101 Å². The van der Waals surface area contributed by atoms with Crippen molar-refractivity contribution in [2.45, 2.75) is 255 Å². The molecule has 4 aromatic carbocycles. The van der Waals surface area contributed by atoms with Crippen LogP contribution in [0, 0.1) is 81.9 Å². The Bertz CT molecular complexity index is 6540. The molecule has 40 heteroatoms. The van der Waals surface area contributed by atoms with Crippen molar-refractivity contribution in [1.82, 2.24) is 44.6 Å². The average molecular weight is 2020 g/mol. The lowest BCUT2D eigenvalue weighted by atomic mass is 9.47. The number of H-pyrrole nitrogens is 3. The Morgan fingerprint density at radius 2 is 0.986 bits per heavy atom. The maximum atomic E-state index is 13.2. The Hall–Kier alpha value is -9.32. The van der Waals surface area contributed by atoms with Gasteiger partial charge in [0.25, 0.3) is 22.6 Å². The van der Waals surface area contributed by atoms with Gasteiger partial charge in [-0.1, -0.05) is 208 Å². The molecule has 142 heavy (non-hydrogen) atoms. The molecule has 3 aromatic heterocycles. The molecule has 0 radical (unpaired) electrons. The van der Waals surface area contributed by atoms with E-state index in [9.17, 15) is 71.5 Å². The van der Waals surface area contributed by atoms with Crippen molar-refractivity contribution >= 4 is 73.0 Å². The van der Waals surface area contributed by atoms with E-state index >= 15 is 0 Å². The van der Waals surface area contributed by atoms with Crippen LogP contribution in [0.2, 0.25) is 0 Å². The third kappa shape index (κ3) is 23.5. The van der Waals surface area contributed by atoms with Gasteiger partial charge in [0.2, 0.25) is 5.91 Å². The number of amides is 3. The zero-order chi connectivity index (χ0) is 102. The van der Waals surface area contributed by atoms with Crippen LogP contribution in [0.4, 0.5) is 4.79 Å². The maximum absolute atomic E-state index is 13.2. The number of aromatic amines is 3. The number of alkyl carbamates (subject to hydrolysis) is 1. The summed E-state index contributed by atoms with van der Waals surface area (Å²) in [5.41, 5.74) is -5.93. The second kappa shape index (κ2) is 44.9. The molecule has 6 saturated heterocycles. The smallest absolute Gasteiger partial charge is 0.408 e. The van der Waals surface area contributed by atoms with Gasteiger partial charge < -0.3 is 105 Å². The third-order valence-electron chi connectivity index (χ3n) is 30.2. The van der Waals surface area contributed by atoms with E-state index in [1.807, 2.05) is 42.5 Å². The van der Waals surface area contributed by atoms with Gasteiger partial charge in [0.1, 0.15) is 99.0 Å². The first kappa shape index (κ1) is 107. The van der Waals surface area contributed by atoms with Gasteiger partial charge in [-0.2, -0.15) is 0 Å². The minimum absolute atomic E-state index is 0.00332. The second-order valence-corrected chi connectivity index (χ2v) is 46.0. The molecule has 37 nitrogen and oxygen atoms in total. The van der Waals surface area contributed by atoms with Gasteiger partial charge in [-0.05, 0) is 136 Å². The molecule has 9 fully saturated rings. The summed E-state index contributed by atoms with van der Waals surface area (Å²) in [4.78, 5) is 157. The van der Waals surface area contributed by atoms with E-state index in [-0.39, 0.29) is 99.3 Å². The van der Waals surface area contributed by atoms with E-state index in [0.29, 0.717) is 23.3 Å². The lowest BCUT2D eigenvalue weighted by Gasteiger charge is -2.58. The summed E-state index contributed by atoms with van der Waals surface area (Å²) in [6.07, 6.45) is 20.1. The summed E-state index contributed by atoms with van der Waals surface area (Å²) in [6, 6.07) is 17.8. The van der Waals surface area contributed by atoms with E-state index in [4.69, 9.17) is 60.9 Å². The number of aromatic nitrogens is 6. The Kier molecular flexibility index (Phi) is 33.8. The van der Waals surface area contributed by atoms with Gasteiger partial charge in [0.05, 0.1) is 59.3 Å². The van der Waals surface area contributed by atoms with Crippen LogP contribution in [0.3, 0.4) is 0 Å². The summed E-state index contributed by atoms with van der Waals surface area (Å²) in [7, 11) is -8.32. The first-order valence-corrected chi connectivity index (χ1v) is 55.3. The number of nitrogens with zero attached hydrogens (tertiary/aromatic N) is 3. The fraction of sp³-hybridized carbons (Fsp3) is 0.618. The highest BCUT2D eigenvalue weighted by atomic mass is 31.2. The summed E-state index contributed by atoms with van der Waals surface area (Å²) in [5, 5.41) is 14.4. The molecule has 3 amide bonds. The van der Waals surface area contributed by atoms with Crippen LogP contribution in [0.1, 0.15) is 222 Å². The van der Waals surface area contributed by atoms with Gasteiger partial charge in [0, 0.05) is 78.3 Å². The number of hydrogen-bond donors (Lipinski definition) is 6. The molecule has 10 aliphatic rings. The van der Waals surface area contributed by atoms with Gasteiger partial charge in [-0.25, -0.2) is 19.2 Å². The summed E-state index contributed by atoms with van der Waals surface area (Å²) in [6.45, 7) is 17.1. The van der Waals surface area contributed by atoms with E-state index in [2.05, 4.69) is 120 Å². The number of ether oxygens (including phenoxy) is 10. The molecular formula is C102H131N9O28P3-3. The van der Waals surface area contributed by atoms with Crippen molar-refractivity contribution in [3.05, 3.63) is 170 Å². The van der Waals surface area contributed by atoms with E-state index in [1.165, 1.54) is 129 Å². The fourth-order valence-electron chi connectivity index (χ4n) is 23.7. The quantitative estimate of drug-likeness (QED) is 0.00707. The predicted molar refractivity (Wildman–Crippen MR) is 522 cm³/mol. The largest absolute Gasteiger partial charge is 0.779 e. The minimum Gasteiger partial charge on any atom is -0.779 e. The van der Waals surface area contributed by atoms with Crippen LogP contribution >= 0.6 is 22.8 Å². The molecule has 17 rings (SSSR count). The van der Waals surface area contributed by atoms with Crippen molar-refractivity contribution in [3.63, 3.8) is 0 Å². The van der Waals surface area contributed by atoms with Crippen LogP contribution in [0.15, 0.2) is 114 Å². The van der Waals surface area contributed by atoms with E-state index in [1.54, 1.807) is 6.07 Å². The monoisotopic (exact) mass is 2020 g/mol. The topological polar surface area (TPSA) is 492 Å². The van der Waals surface area contributed by atoms with Crippen molar-refractivity contribution in [1.29, 1.82) is 0 Å². The van der Waals surface area contributed by atoms with Gasteiger partial charge in [-0.15, -0.1) is 0 Å². The van der Waals surface area contributed by atoms with Crippen LogP contribution in [0.25, 0.3) is 32.3 Å². The number of methoxy groups -OCH3 is 3. The standard InChI is InChI=1S/C43H64N3O10P.C32H28N3O9P.C27H42N3O9P/c1-26(2)10-8-11-27(3)32-15-16-33-31-14-13-29-22-30(17-19-41(29,4)34(31)18-20-42(32,33)5)54-40(49)44-21-9-12-28-23-46(39(48)45-37(28)47)38-35-36(56-57(7,50)51)43(55-38,24-52-6)25-53-35;1-41-16-32-17-42-26(27(32)44-45(2,39)40)30(43-32)35-15-21(28(36)34-31(35)38)7-4-14-33-29(37)23-13-11-20-9-8-18-5-3-6-19-10-12-22(23)25(20)24(18)19;1-4-5-6-7-8-9-10-11-12-15-21(31)28-16-13-14-20-17-30(26(33)29-24(20)32)25-22-23(39-40(3,34)35)27(38-25,18-36-2)19-37-22/h13,23,26-27,30-36,38H,8,10-11,14-22,24-25H2,1-7H3,(H,44,49)(H,50,51)(H,45,47,48);3,5-6,8-13,15,26-27,30H,14,16-17H2,1-2H3,(H,33,37)(H,39,40)(H,34,36,38);17,22-23,25H,4-12,15-16,18-19H2,1-3H3,(H,28,31)(H,34,35)(H,29,32,33)/p-3/t27?,30-,31-,32-,33+,34+,35-,36?,38-,41+,42-,43-;26-,27?,30-,32-;22-,23?,25-,27-/m111/s1. The van der Waals surface area contributed by atoms with Crippen LogP contribution in [-0.4, -0.2) is 207 Å². The normalized spacial score (nSPS) is 29.9. The highest BCUT2D eigenvalue weighted by molar-refractivity contribution is 7.51. The zero-order valence-corrected chi connectivity index (χ0v) is 85.3. The van der Waals surface area contributed by atoms with Gasteiger partial charge in [-0.3, -0.25) is 52.6 Å². The third-order valence-corrected chi connectivity index (χ3v) is 32.1. The number of unbranched alkanes of at least 4 members (excludes halogenated alkanes) is 8. The lowest BCUT2D eigenvalue weighted by molar-refractivity contribution is -0.209. The number of nitrogens with one attached hydrogen (secondary N) is 6. The number of hydrogen-bond acceptors (Lipinski definition) is 28. The highest BCUT2D eigenvalue weighted by Gasteiger charge is 2.67. The SMILES string of the molecule is CCCCCCCCCCCC(=O)NCC#Cc1cn([C@@H]2O[C@]3(COC)CO[C@@H]2C3OP(C)(=O)[O-])c(=O)[nH]c1=O.COC[C@@]12CO[C@H](C1OP(C)(=O)[O-])[C@H](n1cc(C#CCNC(=O)O[C@@H]3CC[C@@]4(C)C(=CC[C@@H]5[C@@H]6CC[C@H](C(C)CCCC(C)C)[C@@]6(C)CC[C@@H]54)C3)c(=O)[nH]c1=O)O2.COC[C@@]12CO[C@H](C1OP(C)(=O)[O-])[C@H](n1cc(C#CCNC(=O)c3ccc4ccc5cccc6ccc3c4c56)c(=O)[nH]c1=O)O2. The number of fused-ring (bicyclic) bond motifs is 11. The van der Waals surface area contributed by atoms with Crippen LogP contribution < -0.4 is 64.4 Å². The highest BCUT2D eigenvalue weighted by Crippen LogP contribution is 2.68. The fourth-order valence-corrected chi connectivity index (χ4v) is 25.9. The molecule has 6 aliphatic heterocycles. The average Bonchev–Trinajstić information content (AvgIpc) is 1.56. The van der Waals surface area contributed by atoms with Gasteiger partial charge >= 0.3 is 23.2 Å². The molecule has 3 saturated carbocycles. The molecular weight excluding hydrogens is 1890 g/mol. The predicted octanol–water partition coefficient (Wildman–Crippen LogP) is 9.81. The number of allylic oxidation sites excluding steroid dienone is 1. The molecule has 9 heterocycles. The number of rotatable bonds is 35.